The van der Waals surface area contributed by atoms with Gasteiger partial charge in [-0.2, -0.15) is 0 Å². The summed E-state index contributed by atoms with van der Waals surface area (Å²) in [7, 11) is 0. The van der Waals surface area contributed by atoms with E-state index in [0.717, 1.165) is 37.1 Å². The van der Waals surface area contributed by atoms with Crippen LogP contribution in [0.2, 0.25) is 0 Å². The van der Waals surface area contributed by atoms with E-state index >= 15 is 0 Å². The lowest BCUT2D eigenvalue weighted by Gasteiger charge is -2.29. The average molecular weight is 518 g/mol. The molecule has 0 saturated heterocycles. The van der Waals surface area contributed by atoms with E-state index in [4.69, 9.17) is 4.74 Å². The number of esters is 1. The van der Waals surface area contributed by atoms with Crippen molar-refractivity contribution in [3.63, 3.8) is 0 Å². The Morgan fingerprint density at radius 3 is 2.35 bits per heavy atom. The second-order valence-corrected chi connectivity index (χ2v) is 12.5. The number of hydrogen-bond donors (Lipinski definition) is 1. The number of nitrogens with zero attached hydrogens (tertiary/aromatic N) is 2. The van der Waals surface area contributed by atoms with Gasteiger partial charge in [-0.3, -0.25) is 14.9 Å². The van der Waals surface area contributed by atoms with Crippen LogP contribution in [0.1, 0.15) is 85.3 Å². The number of carbonyl (C=O) groups is 2. The third-order valence-corrected chi connectivity index (χ3v) is 8.30. The molecule has 2 fully saturated rings. The van der Waals surface area contributed by atoms with Crippen molar-refractivity contribution in [1.29, 1.82) is 0 Å². The summed E-state index contributed by atoms with van der Waals surface area (Å²) < 4.78 is 5.59. The number of carbonyl (C=O) groups excluding carboxylic acids is 2. The van der Waals surface area contributed by atoms with Crippen LogP contribution in [0, 0.1) is 17.8 Å². The Bertz CT molecular complexity index is 1220. The fourth-order valence-corrected chi connectivity index (χ4v) is 6.26. The zero-order valence-corrected chi connectivity index (χ0v) is 22.6. The van der Waals surface area contributed by atoms with Crippen LogP contribution in [0.4, 0.5) is 5.13 Å². The summed E-state index contributed by atoms with van der Waals surface area (Å²) in [5.74, 6) is 1.54. The molecule has 37 heavy (non-hydrogen) atoms. The zero-order chi connectivity index (χ0) is 26.0. The monoisotopic (exact) mass is 517 g/mol. The van der Waals surface area contributed by atoms with Gasteiger partial charge in [0.1, 0.15) is 10.6 Å². The quantitative estimate of drug-likeness (QED) is 0.356. The van der Waals surface area contributed by atoms with E-state index < -0.39 is 5.60 Å². The number of hydrogen-bond acceptors (Lipinski definition) is 6. The molecule has 2 saturated carbocycles. The number of benzene rings is 2. The van der Waals surface area contributed by atoms with Gasteiger partial charge in [0.2, 0.25) is 5.13 Å². The Hall–Kier alpha value is -3.06. The van der Waals surface area contributed by atoms with Gasteiger partial charge in [0, 0.05) is 12.0 Å². The van der Waals surface area contributed by atoms with Crippen LogP contribution < -0.4 is 5.32 Å². The summed E-state index contributed by atoms with van der Waals surface area (Å²) in [5.41, 5.74) is 2.67. The Kier molecular flexibility index (Phi) is 7.43. The summed E-state index contributed by atoms with van der Waals surface area (Å²) in [4.78, 5) is 25.1. The lowest BCUT2D eigenvalue weighted by Crippen LogP contribution is -2.26. The van der Waals surface area contributed by atoms with Gasteiger partial charge >= 0.3 is 5.97 Å². The SMILES string of the molecule is CC(C)(C)OC(=O)[C@H]1C[C@@H]1C1CCC(c2ccc(C(=O)Nc3nnc(Cc4ccccc4)s3)cc2)CC1. The van der Waals surface area contributed by atoms with Gasteiger partial charge < -0.3 is 4.74 Å². The molecule has 0 unspecified atom stereocenters. The van der Waals surface area contributed by atoms with E-state index in [1.807, 2.05) is 51.1 Å². The third kappa shape index (κ3) is 6.63. The molecular formula is C30H35N3O3S. The van der Waals surface area contributed by atoms with Gasteiger partial charge in [-0.1, -0.05) is 53.8 Å². The minimum absolute atomic E-state index is 0.0190. The standard InChI is InChI=1S/C30H35N3O3S/c1-30(2,3)36-28(35)25-18-24(25)22-13-9-20(10-14-22)21-11-15-23(16-12-21)27(34)31-29-33-32-26(37-29)17-19-7-5-4-6-8-19/h4-8,11-12,15-16,20,22,24-25H,9-10,13-14,17-18H2,1-3H3,(H,31,33,34)/t20?,22?,24-,25+/m1/s1. The summed E-state index contributed by atoms with van der Waals surface area (Å²) in [6.07, 6.45) is 6.24. The van der Waals surface area contributed by atoms with Gasteiger partial charge in [-0.05, 0) is 93.9 Å². The van der Waals surface area contributed by atoms with E-state index in [-0.39, 0.29) is 17.8 Å². The van der Waals surface area contributed by atoms with Crippen molar-refractivity contribution in [2.45, 2.75) is 70.8 Å². The van der Waals surface area contributed by atoms with Gasteiger partial charge in [-0.15, -0.1) is 10.2 Å². The average Bonchev–Trinajstić information content (AvgIpc) is 3.58. The Labute approximate surface area is 222 Å². The van der Waals surface area contributed by atoms with Gasteiger partial charge in [0.15, 0.2) is 0 Å². The lowest BCUT2D eigenvalue weighted by molar-refractivity contribution is -0.157. The van der Waals surface area contributed by atoms with Crippen LogP contribution in [-0.4, -0.2) is 27.7 Å². The molecule has 3 aromatic rings. The van der Waals surface area contributed by atoms with Crippen molar-refractivity contribution in [3.05, 3.63) is 76.3 Å². The zero-order valence-electron chi connectivity index (χ0n) is 21.8. The Morgan fingerprint density at radius 1 is 0.973 bits per heavy atom. The van der Waals surface area contributed by atoms with E-state index in [9.17, 15) is 9.59 Å². The van der Waals surface area contributed by atoms with E-state index in [1.54, 1.807) is 0 Å². The predicted octanol–water partition coefficient (Wildman–Crippen LogP) is 6.63. The van der Waals surface area contributed by atoms with Gasteiger partial charge in [0.05, 0.1) is 5.92 Å². The topological polar surface area (TPSA) is 81.2 Å². The highest BCUT2D eigenvalue weighted by atomic mass is 32.1. The number of amides is 1. The summed E-state index contributed by atoms with van der Waals surface area (Å²) >= 11 is 1.41. The highest BCUT2D eigenvalue weighted by molar-refractivity contribution is 7.15. The van der Waals surface area contributed by atoms with Crippen molar-refractivity contribution in [1.82, 2.24) is 10.2 Å². The molecular weight excluding hydrogens is 482 g/mol. The van der Waals surface area contributed by atoms with Crippen molar-refractivity contribution in [2.75, 3.05) is 5.32 Å². The molecule has 2 aromatic carbocycles. The van der Waals surface area contributed by atoms with Crippen LogP contribution in [0.15, 0.2) is 54.6 Å². The first-order valence-corrected chi connectivity index (χ1v) is 14.1. The molecule has 194 valence electrons. The normalized spacial score (nSPS) is 23.3. The predicted molar refractivity (Wildman–Crippen MR) is 146 cm³/mol. The van der Waals surface area contributed by atoms with Crippen LogP contribution in [0.25, 0.3) is 0 Å². The van der Waals surface area contributed by atoms with Crippen molar-refractivity contribution >= 4 is 28.3 Å². The molecule has 7 heteroatoms. The van der Waals surface area contributed by atoms with Crippen molar-refractivity contribution in [2.24, 2.45) is 17.8 Å². The maximum absolute atomic E-state index is 12.8. The van der Waals surface area contributed by atoms with Gasteiger partial charge in [0.25, 0.3) is 5.91 Å². The first kappa shape index (κ1) is 25.6. The first-order valence-electron chi connectivity index (χ1n) is 13.3. The summed E-state index contributed by atoms with van der Waals surface area (Å²) in [6.45, 7) is 5.80. The fraction of sp³-hybridized carbons (Fsp3) is 0.467. The largest absolute Gasteiger partial charge is 0.460 e. The highest BCUT2D eigenvalue weighted by Gasteiger charge is 2.49. The number of aromatic nitrogens is 2. The molecule has 1 N–H and O–H groups in total. The number of anilines is 1. The second kappa shape index (κ2) is 10.7. The maximum atomic E-state index is 12.8. The molecule has 1 heterocycles. The minimum atomic E-state index is -0.409. The minimum Gasteiger partial charge on any atom is -0.460 e. The fourth-order valence-electron chi connectivity index (χ4n) is 5.49. The van der Waals surface area contributed by atoms with Crippen LogP contribution in [0.5, 0.6) is 0 Å². The smallest absolute Gasteiger partial charge is 0.309 e. The number of ether oxygens (including phenoxy) is 1. The first-order chi connectivity index (χ1) is 17.7. The van der Waals surface area contributed by atoms with E-state index in [1.165, 1.54) is 22.5 Å². The molecule has 0 spiro atoms. The molecule has 0 aliphatic heterocycles. The molecule has 1 amide bonds. The molecule has 1 aromatic heterocycles. The van der Waals surface area contributed by atoms with Crippen LogP contribution in [-0.2, 0) is 16.0 Å². The van der Waals surface area contributed by atoms with E-state index in [0.29, 0.717) is 34.9 Å². The van der Waals surface area contributed by atoms with Gasteiger partial charge in [-0.25, -0.2) is 0 Å². The van der Waals surface area contributed by atoms with Crippen LogP contribution in [0.3, 0.4) is 0 Å². The Morgan fingerprint density at radius 2 is 1.68 bits per heavy atom. The molecule has 0 bridgehead atoms. The molecule has 2 atom stereocenters. The third-order valence-electron chi connectivity index (χ3n) is 7.46. The summed E-state index contributed by atoms with van der Waals surface area (Å²) in [5, 5.41) is 12.6. The highest BCUT2D eigenvalue weighted by Crippen LogP contribution is 2.52. The molecule has 0 radical (unpaired) electrons. The number of nitrogens with one attached hydrogen (secondary N) is 1. The second-order valence-electron chi connectivity index (χ2n) is 11.4. The van der Waals surface area contributed by atoms with E-state index in [2.05, 4.69) is 39.8 Å². The molecule has 5 rings (SSSR count). The molecule has 2 aliphatic rings. The van der Waals surface area contributed by atoms with Crippen LogP contribution >= 0.6 is 11.3 Å². The molecule has 2 aliphatic carbocycles. The summed E-state index contributed by atoms with van der Waals surface area (Å²) in [6, 6.07) is 18.1. The van der Waals surface area contributed by atoms with Crippen molar-refractivity contribution < 1.29 is 14.3 Å². The number of rotatable bonds is 7. The van der Waals surface area contributed by atoms with Crippen molar-refractivity contribution in [3.8, 4) is 0 Å². The Balaban J connectivity index is 1.09. The molecule has 6 nitrogen and oxygen atoms in total. The maximum Gasteiger partial charge on any atom is 0.309 e. The lowest BCUT2D eigenvalue weighted by atomic mass is 9.76.